The van der Waals surface area contributed by atoms with E-state index in [-0.39, 0.29) is 5.69 Å². The van der Waals surface area contributed by atoms with Gasteiger partial charge < -0.3 is 14.8 Å². The van der Waals surface area contributed by atoms with Gasteiger partial charge in [0.25, 0.3) is 0 Å². The van der Waals surface area contributed by atoms with E-state index in [1.807, 2.05) is 36.4 Å². The van der Waals surface area contributed by atoms with Crippen molar-refractivity contribution in [1.82, 2.24) is 4.98 Å². The van der Waals surface area contributed by atoms with Crippen LogP contribution in [0.3, 0.4) is 0 Å². The summed E-state index contributed by atoms with van der Waals surface area (Å²) in [6.07, 6.45) is 0.927. The number of ether oxygens (including phenoxy) is 2. The lowest BCUT2D eigenvalue weighted by atomic mass is 10.1. The van der Waals surface area contributed by atoms with E-state index in [9.17, 15) is 4.79 Å². The summed E-state index contributed by atoms with van der Waals surface area (Å²) in [5, 5.41) is 4.33. The standard InChI is InChI=1S/C20H20N2O3/c1-4-13-5-10-17-16(11-13)18(12-19(22-17)20(23)25-3)21-14-6-8-15(24-2)9-7-14/h5-12H,4H2,1-3H3,(H,21,22). The maximum Gasteiger partial charge on any atom is 0.356 e. The number of fused-ring (bicyclic) bond motifs is 1. The van der Waals surface area contributed by atoms with Crippen molar-refractivity contribution in [2.45, 2.75) is 13.3 Å². The fourth-order valence-corrected chi connectivity index (χ4v) is 2.64. The van der Waals surface area contributed by atoms with Crippen molar-refractivity contribution in [3.8, 4) is 5.75 Å². The fraction of sp³-hybridized carbons (Fsp3) is 0.200. The second-order valence-electron chi connectivity index (χ2n) is 5.61. The van der Waals surface area contributed by atoms with Crippen LogP contribution in [0.5, 0.6) is 5.75 Å². The average Bonchev–Trinajstić information content (AvgIpc) is 2.67. The summed E-state index contributed by atoms with van der Waals surface area (Å²) in [5.74, 6) is 0.327. The molecule has 3 aromatic rings. The highest BCUT2D eigenvalue weighted by Gasteiger charge is 2.13. The second-order valence-corrected chi connectivity index (χ2v) is 5.61. The van der Waals surface area contributed by atoms with Crippen LogP contribution in [-0.4, -0.2) is 25.2 Å². The molecule has 0 bridgehead atoms. The van der Waals surface area contributed by atoms with Crippen LogP contribution in [0.25, 0.3) is 10.9 Å². The van der Waals surface area contributed by atoms with Crippen LogP contribution in [0.1, 0.15) is 23.0 Å². The molecule has 0 radical (unpaired) electrons. The van der Waals surface area contributed by atoms with Crippen molar-refractivity contribution in [1.29, 1.82) is 0 Å². The number of aromatic nitrogens is 1. The molecule has 2 aromatic carbocycles. The van der Waals surface area contributed by atoms with Gasteiger partial charge in [0.2, 0.25) is 0 Å². The molecule has 0 aliphatic rings. The number of methoxy groups -OCH3 is 2. The van der Waals surface area contributed by atoms with Crippen LogP contribution >= 0.6 is 0 Å². The third-order valence-electron chi connectivity index (χ3n) is 4.04. The fourth-order valence-electron chi connectivity index (χ4n) is 2.64. The van der Waals surface area contributed by atoms with Crippen molar-refractivity contribution < 1.29 is 14.3 Å². The largest absolute Gasteiger partial charge is 0.497 e. The minimum Gasteiger partial charge on any atom is -0.497 e. The number of rotatable bonds is 5. The van der Waals surface area contributed by atoms with Gasteiger partial charge in [0.15, 0.2) is 5.69 Å². The second kappa shape index (κ2) is 7.21. The third-order valence-corrected chi connectivity index (χ3v) is 4.04. The van der Waals surface area contributed by atoms with Crippen molar-refractivity contribution in [3.63, 3.8) is 0 Å². The zero-order valence-corrected chi connectivity index (χ0v) is 14.5. The molecule has 3 rings (SSSR count). The number of hydrogen-bond acceptors (Lipinski definition) is 5. The number of nitrogens with one attached hydrogen (secondary N) is 1. The topological polar surface area (TPSA) is 60.5 Å². The highest BCUT2D eigenvalue weighted by Crippen LogP contribution is 2.28. The van der Waals surface area contributed by atoms with Gasteiger partial charge in [0.05, 0.1) is 25.4 Å². The molecular formula is C20H20N2O3. The van der Waals surface area contributed by atoms with Gasteiger partial charge in [0, 0.05) is 11.1 Å². The van der Waals surface area contributed by atoms with E-state index in [1.54, 1.807) is 13.2 Å². The number of benzene rings is 2. The van der Waals surface area contributed by atoms with Crippen molar-refractivity contribution in [2.75, 3.05) is 19.5 Å². The predicted octanol–water partition coefficient (Wildman–Crippen LogP) is 4.34. The first kappa shape index (κ1) is 16.8. The molecule has 0 aliphatic heterocycles. The Morgan fingerprint density at radius 2 is 1.84 bits per heavy atom. The van der Waals surface area contributed by atoms with E-state index >= 15 is 0 Å². The first-order valence-electron chi connectivity index (χ1n) is 8.07. The first-order valence-corrected chi connectivity index (χ1v) is 8.07. The van der Waals surface area contributed by atoms with Crippen LogP contribution < -0.4 is 10.1 Å². The summed E-state index contributed by atoms with van der Waals surface area (Å²) < 4.78 is 10.0. The maximum atomic E-state index is 11.9. The van der Waals surface area contributed by atoms with E-state index < -0.39 is 5.97 Å². The Kier molecular flexibility index (Phi) is 4.84. The monoisotopic (exact) mass is 336 g/mol. The van der Waals surface area contributed by atoms with Crippen molar-refractivity contribution >= 4 is 28.2 Å². The van der Waals surface area contributed by atoms with Crippen molar-refractivity contribution in [3.05, 3.63) is 59.8 Å². The highest BCUT2D eigenvalue weighted by molar-refractivity contribution is 5.99. The lowest BCUT2D eigenvalue weighted by molar-refractivity contribution is 0.0594. The Morgan fingerprint density at radius 3 is 2.48 bits per heavy atom. The molecule has 0 unspecified atom stereocenters. The first-order chi connectivity index (χ1) is 12.1. The number of nitrogens with zero attached hydrogens (tertiary/aromatic N) is 1. The van der Waals surface area contributed by atoms with Gasteiger partial charge in [-0.15, -0.1) is 0 Å². The summed E-state index contributed by atoms with van der Waals surface area (Å²) in [6, 6.07) is 15.4. The quantitative estimate of drug-likeness (QED) is 0.703. The van der Waals surface area contributed by atoms with Gasteiger partial charge >= 0.3 is 5.97 Å². The van der Waals surface area contributed by atoms with Gasteiger partial charge in [-0.25, -0.2) is 9.78 Å². The summed E-state index contributed by atoms with van der Waals surface area (Å²) in [6.45, 7) is 2.11. The van der Waals surface area contributed by atoms with Gasteiger partial charge in [-0.2, -0.15) is 0 Å². The van der Waals surface area contributed by atoms with Crippen LogP contribution in [0.4, 0.5) is 11.4 Å². The van der Waals surface area contributed by atoms with Gasteiger partial charge in [-0.3, -0.25) is 0 Å². The summed E-state index contributed by atoms with van der Waals surface area (Å²) in [5.41, 5.74) is 3.93. The lowest BCUT2D eigenvalue weighted by Crippen LogP contribution is -2.06. The SMILES string of the molecule is CCc1ccc2nc(C(=O)OC)cc(Nc3ccc(OC)cc3)c2c1. The molecule has 0 amide bonds. The molecule has 25 heavy (non-hydrogen) atoms. The highest BCUT2D eigenvalue weighted by atomic mass is 16.5. The van der Waals surface area contributed by atoms with Crippen LogP contribution in [0, 0.1) is 0 Å². The molecule has 0 spiro atoms. The number of anilines is 2. The Hall–Kier alpha value is -3.08. The number of hydrogen-bond donors (Lipinski definition) is 1. The Balaban J connectivity index is 2.09. The average molecular weight is 336 g/mol. The molecule has 1 aromatic heterocycles. The molecule has 0 aliphatic carbocycles. The molecule has 0 saturated carbocycles. The third kappa shape index (κ3) is 3.55. The molecule has 0 atom stereocenters. The van der Waals surface area contributed by atoms with E-state index in [0.29, 0.717) is 0 Å². The zero-order chi connectivity index (χ0) is 17.8. The summed E-state index contributed by atoms with van der Waals surface area (Å²) in [4.78, 5) is 16.4. The Bertz CT molecular complexity index is 905. The van der Waals surface area contributed by atoms with Crippen LogP contribution in [0.2, 0.25) is 0 Å². The molecule has 128 valence electrons. The predicted molar refractivity (Wildman–Crippen MR) is 98.7 cm³/mol. The van der Waals surface area contributed by atoms with Crippen LogP contribution in [0.15, 0.2) is 48.5 Å². The molecule has 1 heterocycles. The van der Waals surface area contributed by atoms with E-state index in [1.165, 1.54) is 12.7 Å². The van der Waals surface area contributed by atoms with Gasteiger partial charge in [-0.05, 0) is 54.4 Å². The smallest absolute Gasteiger partial charge is 0.356 e. The number of esters is 1. The number of carbonyl (C=O) groups is 1. The number of aryl methyl sites for hydroxylation is 1. The number of pyridine rings is 1. The molecule has 5 nitrogen and oxygen atoms in total. The minimum absolute atomic E-state index is 0.273. The van der Waals surface area contributed by atoms with Gasteiger partial charge in [-0.1, -0.05) is 13.0 Å². The molecular weight excluding hydrogens is 316 g/mol. The molecule has 0 saturated heterocycles. The Labute approximate surface area is 146 Å². The lowest BCUT2D eigenvalue weighted by Gasteiger charge is -2.13. The van der Waals surface area contributed by atoms with E-state index in [2.05, 4.69) is 23.3 Å². The van der Waals surface area contributed by atoms with Crippen molar-refractivity contribution in [2.24, 2.45) is 0 Å². The van der Waals surface area contributed by atoms with E-state index in [4.69, 9.17) is 9.47 Å². The zero-order valence-electron chi connectivity index (χ0n) is 14.5. The summed E-state index contributed by atoms with van der Waals surface area (Å²) >= 11 is 0. The normalized spacial score (nSPS) is 10.5. The van der Waals surface area contributed by atoms with Gasteiger partial charge in [0.1, 0.15) is 5.75 Å². The molecule has 5 heteroatoms. The molecule has 1 N–H and O–H groups in total. The van der Waals surface area contributed by atoms with E-state index in [0.717, 1.165) is 34.4 Å². The van der Waals surface area contributed by atoms with Crippen LogP contribution in [-0.2, 0) is 11.2 Å². The molecule has 0 fully saturated rings. The Morgan fingerprint density at radius 1 is 1.08 bits per heavy atom. The number of carbonyl (C=O) groups excluding carboxylic acids is 1. The summed E-state index contributed by atoms with van der Waals surface area (Å²) in [7, 11) is 2.98. The minimum atomic E-state index is -0.459. The maximum absolute atomic E-state index is 11.9.